The monoisotopic (exact) mass is 628 g/mol. The maximum atomic E-state index is 16.2. The largest absolute Gasteiger partial charge is 0.481 e. The predicted molar refractivity (Wildman–Crippen MR) is 160 cm³/mol. The number of nitrogens with zero attached hydrogens (tertiary/aromatic N) is 2. The molecule has 2 amide bonds. The van der Waals surface area contributed by atoms with E-state index in [2.05, 4.69) is 15.6 Å². The third-order valence-electron chi connectivity index (χ3n) is 11.9. The van der Waals surface area contributed by atoms with Crippen molar-refractivity contribution in [3.8, 4) is 0 Å². The van der Waals surface area contributed by atoms with E-state index in [-0.39, 0.29) is 27.6 Å². The predicted octanol–water partition coefficient (Wildman–Crippen LogP) is 5.81. The molecule has 1 saturated heterocycles. The zero-order valence-electron chi connectivity index (χ0n) is 24.0. The Hall–Kier alpha value is -2.75. The van der Waals surface area contributed by atoms with E-state index < -0.39 is 45.7 Å². The molecular weight excluding hydrogens is 594 g/mol. The lowest BCUT2D eigenvalue weighted by Crippen LogP contribution is -2.62. The molecule has 1 aromatic carbocycles. The Balaban J connectivity index is 1.40. The van der Waals surface area contributed by atoms with Gasteiger partial charge in [0, 0.05) is 34.4 Å². The van der Waals surface area contributed by atoms with E-state index in [1.165, 1.54) is 6.07 Å². The summed E-state index contributed by atoms with van der Waals surface area (Å²) >= 11 is 12.6. The van der Waals surface area contributed by atoms with Gasteiger partial charge in [0.15, 0.2) is 0 Å². The first kappa shape index (κ1) is 29.0. The summed E-state index contributed by atoms with van der Waals surface area (Å²) in [6, 6.07) is 5.49. The number of benzene rings is 1. The van der Waals surface area contributed by atoms with Crippen LogP contribution < -0.4 is 10.6 Å². The number of anilines is 1. The first-order valence-corrected chi connectivity index (χ1v) is 16.0. The SMILES string of the molecule is CN1C(C(=O)NC23CCC(C(=O)O)(CC2)CC3)C(c2cccc(Cl)c2F)C2(C(=O)Nc3cc(Cl)ncc32)C12CCCCC2. The van der Waals surface area contributed by atoms with Gasteiger partial charge in [-0.3, -0.25) is 19.3 Å². The highest BCUT2D eigenvalue weighted by molar-refractivity contribution is 6.31. The van der Waals surface area contributed by atoms with Gasteiger partial charge >= 0.3 is 5.97 Å². The van der Waals surface area contributed by atoms with Crippen molar-refractivity contribution in [3.63, 3.8) is 0 Å². The van der Waals surface area contributed by atoms with Gasteiger partial charge in [0.05, 0.1) is 16.5 Å². The molecule has 6 aliphatic rings. The van der Waals surface area contributed by atoms with Crippen molar-refractivity contribution in [1.29, 1.82) is 0 Å². The summed E-state index contributed by atoms with van der Waals surface area (Å²) in [7, 11) is 1.89. The lowest BCUT2D eigenvalue weighted by molar-refractivity contribution is -0.157. The van der Waals surface area contributed by atoms with Crippen molar-refractivity contribution in [2.45, 2.75) is 99.1 Å². The lowest BCUT2D eigenvalue weighted by Gasteiger charge is -2.52. The number of likely N-dealkylation sites (tertiary alicyclic amines) is 1. The van der Waals surface area contributed by atoms with E-state index in [4.69, 9.17) is 23.2 Å². The molecule has 2 aromatic rings. The number of aromatic nitrogens is 1. The maximum Gasteiger partial charge on any atom is 0.309 e. The van der Waals surface area contributed by atoms with Gasteiger partial charge in [0.25, 0.3) is 0 Å². The van der Waals surface area contributed by atoms with Crippen molar-refractivity contribution in [3.05, 3.63) is 57.6 Å². The van der Waals surface area contributed by atoms with Crippen LogP contribution in [-0.4, -0.2) is 56.9 Å². The molecule has 1 aromatic heterocycles. The number of nitrogens with one attached hydrogen (secondary N) is 2. The fourth-order valence-electron chi connectivity index (χ4n) is 9.66. The number of rotatable bonds is 4. The molecule has 4 aliphatic carbocycles. The summed E-state index contributed by atoms with van der Waals surface area (Å²) in [5.74, 6) is -2.89. The van der Waals surface area contributed by atoms with E-state index in [0.29, 0.717) is 62.6 Å². The molecule has 3 heterocycles. The molecule has 3 atom stereocenters. The minimum absolute atomic E-state index is 0.0740. The van der Waals surface area contributed by atoms with Crippen LogP contribution in [0.2, 0.25) is 10.2 Å². The third-order valence-corrected chi connectivity index (χ3v) is 12.4. The first-order valence-electron chi connectivity index (χ1n) is 15.2. The van der Waals surface area contributed by atoms with Crippen LogP contribution >= 0.6 is 23.2 Å². The first-order chi connectivity index (χ1) is 20.5. The van der Waals surface area contributed by atoms with Crippen LogP contribution in [0.15, 0.2) is 30.5 Å². The Morgan fingerprint density at radius 2 is 1.74 bits per heavy atom. The molecule has 8 rings (SSSR count). The number of carbonyl (C=O) groups excluding carboxylic acids is 2. The summed E-state index contributed by atoms with van der Waals surface area (Å²) < 4.78 is 16.2. The van der Waals surface area contributed by atoms with Crippen LogP contribution in [0.3, 0.4) is 0 Å². The van der Waals surface area contributed by atoms with Crippen molar-refractivity contribution in [2.75, 3.05) is 12.4 Å². The Morgan fingerprint density at radius 3 is 2.40 bits per heavy atom. The average molecular weight is 630 g/mol. The van der Waals surface area contributed by atoms with Crippen molar-refractivity contribution in [1.82, 2.24) is 15.2 Å². The van der Waals surface area contributed by atoms with Crippen LogP contribution in [0.5, 0.6) is 0 Å². The van der Waals surface area contributed by atoms with Gasteiger partial charge < -0.3 is 15.7 Å². The smallest absolute Gasteiger partial charge is 0.309 e. The number of hydrogen-bond acceptors (Lipinski definition) is 5. The van der Waals surface area contributed by atoms with Crippen LogP contribution in [0, 0.1) is 11.2 Å². The molecule has 228 valence electrons. The highest BCUT2D eigenvalue weighted by Gasteiger charge is 2.75. The third kappa shape index (κ3) is 3.83. The molecule has 11 heteroatoms. The van der Waals surface area contributed by atoms with Gasteiger partial charge in [-0.1, -0.05) is 54.6 Å². The fourth-order valence-corrected chi connectivity index (χ4v) is 10.00. The van der Waals surface area contributed by atoms with Gasteiger partial charge in [0.2, 0.25) is 11.8 Å². The molecule has 3 N–H and O–H groups in total. The number of amides is 2. The Bertz CT molecular complexity index is 1520. The number of carboxylic acids is 1. The molecule has 8 nitrogen and oxygen atoms in total. The number of fused-ring (bicyclic) bond motifs is 6. The van der Waals surface area contributed by atoms with Gasteiger partial charge in [-0.2, -0.15) is 0 Å². The second-order valence-electron chi connectivity index (χ2n) is 13.4. The average Bonchev–Trinajstić information content (AvgIpc) is 3.40. The number of carboxylic acid groups (broad SMARTS) is 1. The molecule has 0 radical (unpaired) electrons. The standard InChI is InChI=1S/C32H35Cl2FN4O4/c1-39-25(26(40)38-30-13-10-29(11-14-30,12-15-30)28(42)43)23(18-6-5-7-20(33)24(18)35)32(31(39)8-3-2-4-9-31)19-17-36-22(34)16-21(19)37-27(32)41/h5-7,16-17,23,25H,2-4,8-15H2,1H3,(H,37,41)(H,38,40)(H,42,43). The van der Waals surface area contributed by atoms with E-state index in [1.807, 2.05) is 11.9 Å². The summed E-state index contributed by atoms with van der Waals surface area (Å²) in [6.07, 6.45) is 8.84. The second-order valence-corrected chi connectivity index (χ2v) is 14.2. The van der Waals surface area contributed by atoms with E-state index in [9.17, 15) is 19.5 Å². The number of hydrogen-bond donors (Lipinski definition) is 3. The van der Waals surface area contributed by atoms with Crippen LogP contribution in [0.25, 0.3) is 0 Å². The Labute approximate surface area is 259 Å². The van der Waals surface area contributed by atoms with Gasteiger partial charge in [-0.05, 0) is 76.1 Å². The topological polar surface area (TPSA) is 112 Å². The molecule has 2 spiro atoms. The molecule has 43 heavy (non-hydrogen) atoms. The number of pyridine rings is 1. The summed E-state index contributed by atoms with van der Waals surface area (Å²) in [6.45, 7) is 0. The molecule has 4 saturated carbocycles. The van der Waals surface area contributed by atoms with E-state index >= 15 is 4.39 Å². The van der Waals surface area contributed by atoms with E-state index in [0.717, 1.165) is 19.3 Å². The summed E-state index contributed by atoms with van der Waals surface area (Å²) in [4.78, 5) is 47.8. The fraction of sp³-hybridized carbons (Fsp3) is 0.562. The van der Waals surface area contributed by atoms with Crippen LogP contribution in [-0.2, 0) is 19.8 Å². The highest BCUT2D eigenvalue weighted by atomic mass is 35.5. The van der Waals surface area contributed by atoms with Crippen LogP contribution in [0.1, 0.15) is 87.7 Å². The van der Waals surface area contributed by atoms with Gasteiger partial charge in [-0.25, -0.2) is 9.37 Å². The normalized spacial score (nSPS) is 34.4. The molecule has 2 bridgehead atoms. The summed E-state index contributed by atoms with van der Waals surface area (Å²) in [5.41, 5.74) is -2.03. The van der Waals surface area contributed by atoms with Crippen molar-refractivity contribution in [2.24, 2.45) is 5.41 Å². The molecule has 5 fully saturated rings. The molecule has 2 aliphatic heterocycles. The molecular formula is C32H35Cl2FN4O4. The number of carbonyl (C=O) groups is 3. The maximum absolute atomic E-state index is 16.2. The lowest BCUT2D eigenvalue weighted by atomic mass is 9.55. The minimum Gasteiger partial charge on any atom is -0.481 e. The van der Waals surface area contributed by atoms with Crippen molar-refractivity contribution >= 4 is 46.7 Å². The highest BCUT2D eigenvalue weighted by Crippen LogP contribution is 2.66. The number of aliphatic carboxylic acids is 1. The number of likely N-dealkylation sites (N-methyl/N-ethyl adjacent to an activating group) is 1. The minimum atomic E-state index is -1.34. The zero-order valence-corrected chi connectivity index (χ0v) is 25.5. The quantitative estimate of drug-likeness (QED) is 0.368. The van der Waals surface area contributed by atoms with Crippen molar-refractivity contribution < 1.29 is 23.9 Å². The Kier molecular flexibility index (Phi) is 6.66. The zero-order chi connectivity index (χ0) is 30.4. The summed E-state index contributed by atoms with van der Waals surface area (Å²) in [5, 5.41) is 16.4. The molecule has 3 unspecified atom stereocenters. The second kappa shape index (κ2) is 9.88. The van der Waals surface area contributed by atoms with Gasteiger partial charge in [-0.15, -0.1) is 0 Å². The Morgan fingerprint density at radius 1 is 1.07 bits per heavy atom. The van der Waals surface area contributed by atoms with Gasteiger partial charge in [0.1, 0.15) is 16.4 Å². The van der Waals surface area contributed by atoms with Crippen LogP contribution in [0.4, 0.5) is 10.1 Å². The van der Waals surface area contributed by atoms with E-state index in [1.54, 1.807) is 24.4 Å². The number of halogens is 3.